The summed E-state index contributed by atoms with van der Waals surface area (Å²) in [5, 5.41) is 0. The summed E-state index contributed by atoms with van der Waals surface area (Å²) in [6.07, 6.45) is 2.95. The van der Waals surface area contributed by atoms with Crippen molar-refractivity contribution >= 4 is 16.9 Å². The minimum absolute atomic E-state index is 0.210. The van der Waals surface area contributed by atoms with Gasteiger partial charge in [0.1, 0.15) is 0 Å². The van der Waals surface area contributed by atoms with E-state index in [4.69, 9.17) is 4.74 Å². The second-order valence-corrected chi connectivity index (χ2v) is 6.35. The van der Waals surface area contributed by atoms with Gasteiger partial charge in [-0.05, 0) is 27.2 Å². The molecule has 3 heterocycles. The number of rotatable bonds is 5. The molecule has 8 heteroatoms. The quantitative estimate of drug-likeness (QED) is 0.648. The van der Waals surface area contributed by atoms with Gasteiger partial charge in [0, 0.05) is 39.1 Å². The van der Waals surface area contributed by atoms with E-state index in [0.717, 1.165) is 23.2 Å². The van der Waals surface area contributed by atoms with Gasteiger partial charge >= 0.3 is 5.69 Å². The van der Waals surface area contributed by atoms with E-state index in [1.54, 1.807) is 11.4 Å². The molecule has 0 aliphatic heterocycles. The normalized spacial score (nSPS) is 12.1. The van der Waals surface area contributed by atoms with Gasteiger partial charge in [0.05, 0.1) is 6.10 Å². The molecule has 0 N–H and O–H groups in total. The first-order valence-electron chi connectivity index (χ1n) is 8.08. The number of hydrogen-bond donors (Lipinski definition) is 0. The Morgan fingerprint density at radius 2 is 1.92 bits per heavy atom. The van der Waals surface area contributed by atoms with Crippen molar-refractivity contribution in [3.63, 3.8) is 0 Å². The van der Waals surface area contributed by atoms with Crippen LogP contribution in [0.4, 0.5) is 0 Å². The predicted molar refractivity (Wildman–Crippen MR) is 91.6 cm³/mol. The van der Waals surface area contributed by atoms with Crippen molar-refractivity contribution in [3.8, 4) is 0 Å². The molecule has 0 aromatic carbocycles. The van der Waals surface area contributed by atoms with Crippen LogP contribution in [0.1, 0.15) is 26.0 Å². The summed E-state index contributed by atoms with van der Waals surface area (Å²) in [6.45, 7) is 7.41. The van der Waals surface area contributed by atoms with Crippen molar-refractivity contribution in [2.45, 2.75) is 39.8 Å². The Morgan fingerprint density at radius 3 is 2.58 bits per heavy atom. The molecule has 0 saturated heterocycles. The first-order valence-corrected chi connectivity index (χ1v) is 8.08. The van der Waals surface area contributed by atoms with Crippen LogP contribution in [-0.4, -0.2) is 35.8 Å². The summed E-state index contributed by atoms with van der Waals surface area (Å²) < 4.78 is 11.9. The molecule has 0 unspecified atom stereocenters. The first kappa shape index (κ1) is 16.5. The van der Waals surface area contributed by atoms with E-state index >= 15 is 0 Å². The van der Waals surface area contributed by atoms with Crippen LogP contribution in [0.15, 0.2) is 15.8 Å². The lowest BCUT2D eigenvalue weighted by Gasteiger charge is -2.08. The summed E-state index contributed by atoms with van der Waals surface area (Å²) in [4.78, 5) is 29.1. The second kappa shape index (κ2) is 5.94. The van der Waals surface area contributed by atoms with E-state index in [0.29, 0.717) is 23.5 Å². The third kappa shape index (κ3) is 2.47. The van der Waals surface area contributed by atoms with Crippen molar-refractivity contribution in [2.24, 2.45) is 14.1 Å². The van der Waals surface area contributed by atoms with E-state index in [-0.39, 0.29) is 17.4 Å². The zero-order valence-corrected chi connectivity index (χ0v) is 14.7. The van der Waals surface area contributed by atoms with Crippen LogP contribution in [0.25, 0.3) is 16.9 Å². The largest absolute Gasteiger partial charge is 0.379 e. The third-order valence-electron chi connectivity index (χ3n) is 4.23. The maximum Gasteiger partial charge on any atom is 0.332 e. The van der Waals surface area contributed by atoms with Crippen molar-refractivity contribution < 1.29 is 4.74 Å². The van der Waals surface area contributed by atoms with Crippen LogP contribution < -0.4 is 11.2 Å². The predicted octanol–water partition coefficient (Wildman–Crippen LogP) is 0.810. The first-order chi connectivity index (χ1) is 11.3. The average molecular weight is 333 g/mol. The summed E-state index contributed by atoms with van der Waals surface area (Å²) >= 11 is 0. The molecule has 0 spiro atoms. The lowest BCUT2D eigenvalue weighted by atomic mass is 10.4. The van der Waals surface area contributed by atoms with Gasteiger partial charge in [-0.25, -0.2) is 4.79 Å². The van der Waals surface area contributed by atoms with E-state index in [2.05, 4.69) is 4.98 Å². The highest BCUT2D eigenvalue weighted by molar-refractivity contribution is 5.75. The molecule has 24 heavy (non-hydrogen) atoms. The molecule has 3 aromatic heterocycles. The highest BCUT2D eigenvalue weighted by Crippen LogP contribution is 2.16. The van der Waals surface area contributed by atoms with Gasteiger partial charge in [-0.15, -0.1) is 0 Å². The number of fused-ring (bicyclic) bond motifs is 3. The molecule has 0 aliphatic carbocycles. The monoisotopic (exact) mass is 333 g/mol. The zero-order valence-electron chi connectivity index (χ0n) is 14.7. The van der Waals surface area contributed by atoms with Crippen LogP contribution in [0.5, 0.6) is 0 Å². The fourth-order valence-corrected chi connectivity index (χ4v) is 2.95. The highest BCUT2D eigenvalue weighted by Gasteiger charge is 2.18. The van der Waals surface area contributed by atoms with Gasteiger partial charge in [-0.2, -0.15) is 4.98 Å². The molecule has 0 amide bonds. The molecule has 3 rings (SSSR count). The van der Waals surface area contributed by atoms with E-state index in [9.17, 15) is 9.59 Å². The molecule has 130 valence electrons. The van der Waals surface area contributed by atoms with Crippen LogP contribution in [0, 0.1) is 6.92 Å². The van der Waals surface area contributed by atoms with Crippen molar-refractivity contribution in [1.29, 1.82) is 0 Å². The number of ether oxygens (including phenoxy) is 1. The Kier molecular flexibility index (Phi) is 4.08. The molecule has 0 saturated carbocycles. The Morgan fingerprint density at radius 1 is 1.21 bits per heavy atom. The van der Waals surface area contributed by atoms with Gasteiger partial charge in [-0.3, -0.25) is 18.3 Å². The number of nitrogens with zero attached hydrogens (tertiary/aromatic N) is 5. The fourth-order valence-electron chi connectivity index (χ4n) is 2.95. The van der Waals surface area contributed by atoms with Crippen molar-refractivity contribution in [3.05, 3.63) is 32.7 Å². The number of hydrogen-bond acceptors (Lipinski definition) is 4. The topological polar surface area (TPSA) is 75.5 Å². The minimum atomic E-state index is -0.373. The zero-order chi connectivity index (χ0) is 17.6. The molecule has 0 aliphatic rings. The second-order valence-electron chi connectivity index (χ2n) is 6.35. The minimum Gasteiger partial charge on any atom is -0.379 e. The SMILES string of the molecule is Cc1cn2c3c(=O)n(C)c(=O)n(C)c3nc2n1CCCOC(C)C. The standard InChI is InChI=1S/C16H23N5O3/c1-10(2)24-8-6-7-20-11(3)9-21-12-13(17-15(20)21)18(4)16(23)19(5)14(12)22/h9-10H,6-8H2,1-5H3. The van der Waals surface area contributed by atoms with E-state index in [1.807, 2.05) is 31.5 Å². The Hall–Kier alpha value is -2.35. The summed E-state index contributed by atoms with van der Waals surface area (Å²) in [5.41, 5.74) is 1.14. The van der Waals surface area contributed by atoms with Crippen LogP contribution in [0.3, 0.4) is 0 Å². The summed E-state index contributed by atoms with van der Waals surface area (Å²) in [5.74, 6) is 0.672. The van der Waals surface area contributed by atoms with Crippen LogP contribution in [0.2, 0.25) is 0 Å². The van der Waals surface area contributed by atoms with Crippen molar-refractivity contribution in [1.82, 2.24) is 23.1 Å². The van der Waals surface area contributed by atoms with Gasteiger partial charge < -0.3 is 9.30 Å². The molecular formula is C16H23N5O3. The molecular weight excluding hydrogens is 310 g/mol. The lowest BCUT2D eigenvalue weighted by Crippen LogP contribution is -2.37. The van der Waals surface area contributed by atoms with E-state index in [1.165, 1.54) is 11.6 Å². The maximum atomic E-state index is 12.5. The number of aromatic nitrogens is 5. The Bertz CT molecular complexity index is 1020. The average Bonchev–Trinajstić information content (AvgIpc) is 3.03. The molecule has 3 aromatic rings. The van der Waals surface area contributed by atoms with Gasteiger partial charge in [-0.1, -0.05) is 0 Å². The molecule has 0 atom stereocenters. The van der Waals surface area contributed by atoms with Gasteiger partial charge in [0.15, 0.2) is 11.2 Å². The summed E-state index contributed by atoms with van der Waals surface area (Å²) in [7, 11) is 3.11. The van der Waals surface area contributed by atoms with Gasteiger partial charge in [0.2, 0.25) is 5.78 Å². The Labute approximate surface area is 138 Å². The summed E-state index contributed by atoms with van der Waals surface area (Å²) in [6, 6.07) is 0. The number of aryl methyl sites for hydroxylation is 3. The van der Waals surface area contributed by atoms with E-state index < -0.39 is 0 Å². The molecule has 0 fully saturated rings. The molecule has 8 nitrogen and oxygen atoms in total. The van der Waals surface area contributed by atoms with Crippen LogP contribution in [-0.2, 0) is 25.4 Å². The Balaban J connectivity index is 2.11. The van der Waals surface area contributed by atoms with Crippen LogP contribution >= 0.6 is 0 Å². The lowest BCUT2D eigenvalue weighted by molar-refractivity contribution is 0.0749. The molecule has 0 bridgehead atoms. The smallest absolute Gasteiger partial charge is 0.332 e. The highest BCUT2D eigenvalue weighted by atomic mass is 16.5. The third-order valence-corrected chi connectivity index (χ3v) is 4.23. The maximum absolute atomic E-state index is 12.5. The van der Waals surface area contributed by atoms with Gasteiger partial charge in [0.25, 0.3) is 5.56 Å². The number of imidazole rings is 2. The van der Waals surface area contributed by atoms with Crippen molar-refractivity contribution in [2.75, 3.05) is 6.61 Å². The fraction of sp³-hybridized carbons (Fsp3) is 0.562. The molecule has 0 radical (unpaired) electrons.